The molecule has 0 spiro atoms. The molecule has 1 heterocycles. The number of nitrogens with zero attached hydrogens (tertiary/aromatic N) is 1. The predicted molar refractivity (Wildman–Crippen MR) is 91.0 cm³/mol. The van der Waals surface area contributed by atoms with Crippen LogP contribution in [0.1, 0.15) is 41.2 Å². The van der Waals surface area contributed by atoms with Crippen molar-refractivity contribution in [2.45, 2.75) is 25.3 Å². The summed E-state index contributed by atoms with van der Waals surface area (Å²) < 4.78 is 0. The first-order chi connectivity index (χ1) is 12.1. The highest BCUT2D eigenvalue weighted by atomic mass is 16.4. The molecule has 1 amide bonds. The molecular formula is C20H17NO4. The van der Waals surface area contributed by atoms with Crippen LogP contribution in [-0.4, -0.2) is 34.2 Å². The molecule has 2 aliphatic carbocycles. The van der Waals surface area contributed by atoms with Gasteiger partial charge < -0.3 is 10.0 Å². The third-order valence-corrected chi connectivity index (χ3v) is 4.98. The molecule has 0 saturated carbocycles. The summed E-state index contributed by atoms with van der Waals surface area (Å²) >= 11 is 0. The minimum absolute atomic E-state index is 0.00303. The van der Waals surface area contributed by atoms with Crippen molar-refractivity contribution >= 4 is 17.7 Å². The summed E-state index contributed by atoms with van der Waals surface area (Å²) in [5, 5.41) is 8.90. The zero-order chi connectivity index (χ0) is 17.6. The molecule has 0 fully saturated rings. The highest BCUT2D eigenvalue weighted by Crippen LogP contribution is 2.48. The Bertz CT molecular complexity index is 891. The van der Waals surface area contributed by atoms with Crippen LogP contribution < -0.4 is 0 Å². The largest absolute Gasteiger partial charge is 0.481 e. The predicted octanol–water partition coefficient (Wildman–Crippen LogP) is 2.81. The number of rotatable bonds is 4. The Morgan fingerprint density at radius 3 is 2.84 bits per heavy atom. The van der Waals surface area contributed by atoms with Crippen molar-refractivity contribution in [1.82, 2.24) is 4.90 Å². The molecule has 0 saturated heterocycles. The highest BCUT2D eigenvalue weighted by molar-refractivity contribution is 6.18. The summed E-state index contributed by atoms with van der Waals surface area (Å²) in [5.74, 6) is -1.03. The van der Waals surface area contributed by atoms with E-state index in [1.807, 2.05) is 30.4 Å². The lowest BCUT2D eigenvalue weighted by Crippen LogP contribution is -2.41. The average molecular weight is 335 g/mol. The first-order valence-electron chi connectivity index (χ1n) is 8.36. The van der Waals surface area contributed by atoms with E-state index in [1.54, 1.807) is 17.0 Å². The lowest BCUT2D eigenvalue weighted by Gasteiger charge is -2.37. The number of amides is 1. The normalized spacial score (nSPS) is 21.0. The number of Topliss-reactive ketones (excluding diaryl/α,β-unsaturated/α-hetero) is 1. The smallest absolute Gasteiger partial charge is 0.303 e. The van der Waals surface area contributed by atoms with E-state index in [-0.39, 0.29) is 18.1 Å². The summed E-state index contributed by atoms with van der Waals surface area (Å²) in [6.45, 7) is 0.315. The first-order valence-corrected chi connectivity index (χ1v) is 8.36. The molecule has 1 N–H and O–H groups in total. The van der Waals surface area contributed by atoms with Gasteiger partial charge in [0.25, 0.3) is 5.91 Å². The topological polar surface area (TPSA) is 74.7 Å². The Balaban J connectivity index is 1.82. The van der Waals surface area contributed by atoms with Gasteiger partial charge in [-0.3, -0.25) is 14.4 Å². The number of carbonyl (C=O) groups excluding carboxylic acids is 2. The number of carboxylic acids is 1. The van der Waals surface area contributed by atoms with Gasteiger partial charge >= 0.3 is 5.97 Å². The van der Waals surface area contributed by atoms with Gasteiger partial charge in [-0.05, 0) is 30.1 Å². The second-order valence-corrected chi connectivity index (χ2v) is 6.42. The first kappa shape index (κ1) is 15.6. The van der Waals surface area contributed by atoms with Gasteiger partial charge in [0.05, 0.1) is 6.04 Å². The van der Waals surface area contributed by atoms with Crippen LogP contribution in [-0.2, 0) is 9.59 Å². The number of hydrogen-bond donors (Lipinski definition) is 1. The minimum atomic E-state index is -0.886. The maximum Gasteiger partial charge on any atom is 0.303 e. The van der Waals surface area contributed by atoms with Gasteiger partial charge in [-0.2, -0.15) is 0 Å². The highest BCUT2D eigenvalue weighted by Gasteiger charge is 2.46. The van der Waals surface area contributed by atoms with Crippen molar-refractivity contribution in [1.29, 1.82) is 0 Å². The van der Waals surface area contributed by atoms with Gasteiger partial charge in [0.2, 0.25) is 0 Å². The van der Waals surface area contributed by atoms with Crippen molar-refractivity contribution in [3.8, 4) is 0 Å². The summed E-state index contributed by atoms with van der Waals surface area (Å²) in [5.41, 5.74) is 3.53. The lowest BCUT2D eigenvalue weighted by atomic mass is 9.84. The van der Waals surface area contributed by atoms with E-state index >= 15 is 0 Å². The van der Waals surface area contributed by atoms with E-state index in [1.165, 1.54) is 0 Å². The summed E-state index contributed by atoms with van der Waals surface area (Å²) in [7, 11) is 0. The molecule has 5 nitrogen and oxygen atoms in total. The van der Waals surface area contributed by atoms with Crippen LogP contribution in [0.25, 0.3) is 0 Å². The summed E-state index contributed by atoms with van der Waals surface area (Å²) in [4.78, 5) is 38.5. The number of ketones is 1. The molecule has 0 radical (unpaired) electrons. The van der Waals surface area contributed by atoms with E-state index in [0.29, 0.717) is 36.1 Å². The van der Waals surface area contributed by atoms with Gasteiger partial charge in [-0.25, -0.2) is 0 Å². The molecular weight excluding hydrogens is 318 g/mol. The molecule has 1 unspecified atom stereocenters. The lowest BCUT2D eigenvalue weighted by molar-refractivity contribution is -0.138. The maximum absolute atomic E-state index is 13.0. The van der Waals surface area contributed by atoms with Crippen LogP contribution in [0, 0.1) is 0 Å². The van der Waals surface area contributed by atoms with Crippen LogP contribution in [0.4, 0.5) is 0 Å². The zero-order valence-electron chi connectivity index (χ0n) is 13.6. The number of carbonyl (C=O) groups is 3. The third kappa shape index (κ3) is 2.35. The molecule has 25 heavy (non-hydrogen) atoms. The molecule has 3 aliphatic rings. The van der Waals surface area contributed by atoms with Crippen LogP contribution in [0.15, 0.2) is 59.2 Å². The second kappa shape index (κ2) is 5.84. The average Bonchev–Trinajstić information content (AvgIpc) is 2.91. The Morgan fingerprint density at radius 2 is 2.04 bits per heavy atom. The molecule has 1 aromatic carbocycles. The number of hydrogen-bond acceptors (Lipinski definition) is 3. The van der Waals surface area contributed by atoms with Crippen LogP contribution in [0.2, 0.25) is 0 Å². The maximum atomic E-state index is 13.0. The quantitative estimate of drug-likeness (QED) is 0.918. The molecule has 1 aromatic rings. The third-order valence-electron chi connectivity index (χ3n) is 4.98. The van der Waals surface area contributed by atoms with Crippen molar-refractivity contribution in [2.24, 2.45) is 0 Å². The fraction of sp³-hybridized carbons (Fsp3) is 0.250. The molecule has 1 atom stereocenters. The summed E-state index contributed by atoms with van der Waals surface area (Å²) in [6.07, 6.45) is 6.47. The number of aliphatic carboxylic acids is 1. The van der Waals surface area contributed by atoms with Gasteiger partial charge in [0.15, 0.2) is 5.78 Å². The number of carboxylic acid groups (broad SMARTS) is 1. The van der Waals surface area contributed by atoms with Crippen molar-refractivity contribution in [3.05, 3.63) is 70.3 Å². The van der Waals surface area contributed by atoms with E-state index in [2.05, 4.69) is 0 Å². The van der Waals surface area contributed by atoms with Crippen LogP contribution in [0.5, 0.6) is 0 Å². The minimum Gasteiger partial charge on any atom is -0.481 e. The number of fused-ring (bicyclic) bond motifs is 4. The fourth-order valence-corrected chi connectivity index (χ4v) is 3.91. The molecule has 5 heteroatoms. The van der Waals surface area contributed by atoms with E-state index in [0.717, 1.165) is 11.1 Å². The molecule has 0 aromatic heterocycles. The Morgan fingerprint density at radius 1 is 1.24 bits per heavy atom. The van der Waals surface area contributed by atoms with Crippen LogP contribution >= 0.6 is 0 Å². The molecule has 126 valence electrons. The standard InChI is InChI=1S/C20H17NO4/c22-16(23)10-5-11-21-18-13-7-2-3-8-14(13)19(24)17(18)12-6-1-4-9-15(12)20(21)25/h1-4,7-9,18H,5-6,10-11H2,(H,22,23). The van der Waals surface area contributed by atoms with Gasteiger partial charge in [0, 0.05) is 29.7 Å². The SMILES string of the molecule is O=C(O)CCCN1C(=O)C2=CC=CCC2=C2C(=O)c3ccccc3C21. The number of allylic oxidation sites excluding steroid dienone is 3. The van der Waals surface area contributed by atoms with E-state index in [9.17, 15) is 14.4 Å². The van der Waals surface area contributed by atoms with Gasteiger partial charge in [0.1, 0.15) is 0 Å². The van der Waals surface area contributed by atoms with Crippen LogP contribution in [0.3, 0.4) is 0 Å². The second-order valence-electron chi connectivity index (χ2n) is 6.42. The molecule has 4 rings (SSSR count). The Kier molecular flexibility index (Phi) is 3.64. The monoisotopic (exact) mass is 335 g/mol. The molecule has 1 aliphatic heterocycles. The van der Waals surface area contributed by atoms with E-state index < -0.39 is 12.0 Å². The van der Waals surface area contributed by atoms with Crippen molar-refractivity contribution < 1.29 is 19.5 Å². The molecule has 0 bridgehead atoms. The Hall–Kier alpha value is -2.95. The zero-order valence-corrected chi connectivity index (χ0v) is 13.6. The van der Waals surface area contributed by atoms with Crippen molar-refractivity contribution in [2.75, 3.05) is 6.54 Å². The van der Waals surface area contributed by atoms with Crippen molar-refractivity contribution in [3.63, 3.8) is 0 Å². The Labute approximate surface area is 144 Å². The van der Waals surface area contributed by atoms with E-state index in [4.69, 9.17) is 5.11 Å². The summed E-state index contributed by atoms with van der Waals surface area (Å²) in [6, 6.07) is 6.98. The van der Waals surface area contributed by atoms with Gasteiger partial charge in [-0.1, -0.05) is 36.4 Å². The van der Waals surface area contributed by atoms with Gasteiger partial charge in [-0.15, -0.1) is 0 Å². The number of benzene rings is 1. The fourth-order valence-electron chi connectivity index (χ4n) is 3.91.